The second-order valence-electron chi connectivity index (χ2n) is 4.28. The van der Waals surface area contributed by atoms with Gasteiger partial charge in [-0.25, -0.2) is 4.39 Å². The molecule has 1 atom stereocenters. The summed E-state index contributed by atoms with van der Waals surface area (Å²) < 4.78 is 15.2. The lowest BCUT2D eigenvalue weighted by Gasteiger charge is -2.20. The summed E-state index contributed by atoms with van der Waals surface area (Å²) in [6, 6.07) is 13.0. The standard InChI is InChI=1S/C15H14Br2FN/c1-2-14(10-3-5-11(16)6-4-10)19-15-9-12(18)7-8-13(15)17/h3-9,14,19H,2H2,1H3. The molecule has 0 bridgehead atoms. The van der Waals surface area contributed by atoms with Gasteiger partial charge in [0.1, 0.15) is 5.82 Å². The third kappa shape index (κ3) is 3.80. The first-order valence-electron chi connectivity index (χ1n) is 6.07. The Kier molecular flexibility index (Phi) is 4.99. The number of hydrogen-bond acceptors (Lipinski definition) is 1. The molecular formula is C15H14Br2FN. The van der Waals surface area contributed by atoms with E-state index < -0.39 is 0 Å². The van der Waals surface area contributed by atoms with E-state index in [-0.39, 0.29) is 11.9 Å². The zero-order chi connectivity index (χ0) is 13.8. The summed E-state index contributed by atoms with van der Waals surface area (Å²) >= 11 is 6.86. The molecule has 0 saturated carbocycles. The average Bonchev–Trinajstić information content (AvgIpc) is 2.41. The molecule has 1 N–H and O–H groups in total. The number of nitrogens with one attached hydrogen (secondary N) is 1. The summed E-state index contributed by atoms with van der Waals surface area (Å²) in [5.41, 5.74) is 1.96. The molecule has 2 rings (SSSR count). The van der Waals surface area contributed by atoms with Crippen molar-refractivity contribution < 1.29 is 4.39 Å². The Balaban J connectivity index is 2.23. The topological polar surface area (TPSA) is 12.0 Å². The van der Waals surface area contributed by atoms with Crippen molar-refractivity contribution in [3.8, 4) is 0 Å². The van der Waals surface area contributed by atoms with Gasteiger partial charge in [-0.15, -0.1) is 0 Å². The fourth-order valence-corrected chi connectivity index (χ4v) is 2.54. The van der Waals surface area contributed by atoms with Crippen molar-refractivity contribution in [3.05, 3.63) is 62.8 Å². The number of benzene rings is 2. The van der Waals surface area contributed by atoms with E-state index in [1.54, 1.807) is 6.07 Å². The van der Waals surface area contributed by atoms with Crippen LogP contribution in [-0.2, 0) is 0 Å². The molecule has 0 aliphatic heterocycles. The molecule has 0 radical (unpaired) electrons. The average molecular weight is 387 g/mol. The third-order valence-electron chi connectivity index (χ3n) is 2.94. The first-order chi connectivity index (χ1) is 9.10. The molecule has 4 heteroatoms. The molecule has 0 heterocycles. The van der Waals surface area contributed by atoms with Crippen LogP contribution in [0.25, 0.3) is 0 Å². The van der Waals surface area contributed by atoms with Crippen LogP contribution in [0.15, 0.2) is 51.4 Å². The lowest BCUT2D eigenvalue weighted by atomic mass is 10.0. The maximum absolute atomic E-state index is 13.3. The van der Waals surface area contributed by atoms with E-state index in [4.69, 9.17) is 0 Å². The molecule has 0 aliphatic carbocycles. The van der Waals surface area contributed by atoms with Crippen LogP contribution in [-0.4, -0.2) is 0 Å². The van der Waals surface area contributed by atoms with E-state index in [9.17, 15) is 4.39 Å². The number of rotatable bonds is 4. The largest absolute Gasteiger partial charge is 0.377 e. The van der Waals surface area contributed by atoms with Crippen LogP contribution in [0.5, 0.6) is 0 Å². The molecule has 0 amide bonds. The summed E-state index contributed by atoms with van der Waals surface area (Å²) in [4.78, 5) is 0. The normalized spacial score (nSPS) is 12.2. The molecule has 0 saturated heterocycles. The second kappa shape index (κ2) is 6.53. The Morgan fingerprint density at radius 1 is 1.11 bits per heavy atom. The summed E-state index contributed by atoms with van der Waals surface area (Å²) in [7, 11) is 0. The maximum atomic E-state index is 13.3. The van der Waals surface area contributed by atoms with Gasteiger partial charge in [0.15, 0.2) is 0 Å². The highest BCUT2D eigenvalue weighted by atomic mass is 79.9. The Morgan fingerprint density at radius 2 is 1.79 bits per heavy atom. The summed E-state index contributed by atoms with van der Waals surface area (Å²) in [5.74, 6) is -0.239. The zero-order valence-corrected chi connectivity index (χ0v) is 13.6. The van der Waals surface area contributed by atoms with Crippen LogP contribution in [0.3, 0.4) is 0 Å². The van der Waals surface area contributed by atoms with E-state index in [1.165, 1.54) is 17.7 Å². The van der Waals surface area contributed by atoms with Crippen molar-refractivity contribution in [3.63, 3.8) is 0 Å². The molecule has 0 aromatic heterocycles. The summed E-state index contributed by atoms with van der Waals surface area (Å²) in [6.45, 7) is 2.10. The highest BCUT2D eigenvalue weighted by molar-refractivity contribution is 9.10. The van der Waals surface area contributed by atoms with Crippen LogP contribution < -0.4 is 5.32 Å². The van der Waals surface area contributed by atoms with Gasteiger partial charge >= 0.3 is 0 Å². The van der Waals surface area contributed by atoms with E-state index in [2.05, 4.69) is 56.2 Å². The summed E-state index contributed by atoms with van der Waals surface area (Å²) in [5, 5.41) is 3.37. The fourth-order valence-electron chi connectivity index (χ4n) is 1.91. The van der Waals surface area contributed by atoms with Crippen LogP contribution >= 0.6 is 31.9 Å². The smallest absolute Gasteiger partial charge is 0.125 e. The second-order valence-corrected chi connectivity index (χ2v) is 6.05. The molecule has 0 spiro atoms. The monoisotopic (exact) mass is 385 g/mol. The van der Waals surface area contributed by atoms with E-state index >= 15 is 0 Å². The molecule has 2 aromatic rings. The van der Waals surface area contributed by atoms with Crippen molar-refractivity contribution in [2.75, 3.05) is 5.32 Å². The first kappa shape index (κ1) is 14.5. The molecule has 0 aliphatic rings. The first-order valence-corrected chi connectivity index (χ1v) is 7.66. The highest BCUT2D eigenvalue weighted by Gasteiger charge is 2.11. The Labute approximate surface area is 129 Å². The lowest BCUT2D eigenvalue weighted by Crippen LogP contribution is -2.10. The number of anilines is 1. The molecule has 1 nitrogen and oxygen atoms in total. The minimum atomic E-state index is -0.239. The molecule has 19 heavy (non-hydrogen) atoms. The van der Waals surface area contributed by atoms with Crippen LogP contribution in [0, 0.1) is 5.82 Å². The SMILES string of the molecule is CCC(Nc1cc(F)ccc1Br)c1ccc(Br)cc1. The van der Waals surface area contributed by atoms with Gasteiger partial charge in [0.05, 0.1) is 11.7 Å². The van der Waals surface area contributed by atoms with Gasteiger partial charge in [-0.1, -0.05) is 35.0 Å². The van der Waals surface area contributed by atoms with Gasteiger partial charge in [0.2, 0.25) is 0 Å². The molecule has 0 fully saturated rings. The van der Waals surface area contributed by atoms with E-state index in [0.717, 1.165) is 21.1 Å². The van der Waals surface area contributed by atoms with Gasteiger partial charge < -0.3 is 5.32 Å². The minimum Gasteiger partial charge on any atom is -0.377 e. The lowest BCUT2D eigenvalue weighted by molar-refractivity contribution is 0.627. The van der Waals surface area contributed by atoms with E-state index in [1.807, 2.05) is 12.1 Å². The Morgan fingerprint density at radius 3 is 2.42 bits per heavy atom. The summed E-state index contributed by atoms with van der Waals surface area (Å²) in [6.07, 6.45) is 0.921. The highest BCUT2D eigenvalue weighted by Crippen LogP contribution is 2.29. The molecule has 2 aromatic carbocycles. The maximum Gasteiger partial charge on any atom is 0.125 e. The number of halogens is 3. The molecule has 1 unspecified atom stereocenters. The third-order valence-corrected chi connectivity index (χ3v) is 4.16. The van der Waals surface area contributed by atoms with Crippen molar-refractivity contribution in [2.24, 2.45) is 0 Å². The predicted octanol–water partition coefficient (Wildman–Crippen LogP) is 5.91. The van der Waals surface area contributed by atoms with Crippen molar-refractivity contribution >= 4 is 37.5 Å². The zero-order valence-electron chi connectivity index (χ0n) is 10.5. The quantitative estimate of drug-likeness (QED) is 0.688. The van der Waals surface area contributed by atoms with Crippen molar-refractivity contribution in [2.45, 2.75) is 19.4 Å². The van der Waals surface area contributed by atoms with Gasteiger partial charge in [0, 0.05) is 8.95 Å². The van der Waals surface area contributed by atoms with Gasteiger partial charge in [-0.3, -0.25) is 0 Å². The van der Waals surface area contributed by atoms with Crippen LogP contribution in [0.1, 0.15) is 24.9 Å². The van der Waals surface area contributed by atoms with Gasteiger partial charge in [-0.2, -0.15) is 0 Å². The van der Waals surface area contributed by atoms with Crippen LogP contribution in [0.2, 0.25) is 0 Å². The Bertz CT molecular complexity index is 555. The Hall–Kier alpha value is -0.870. The van der Waals surface area contributed by atoms with Gasteiger partial charge in [-0.05, 0) is 58.2 Å². The van der Waals surface area contributed by atoms with E-state index in [0.29, 0.717) is 0 Å². The van der Waals surface area contributed by atoms with Crippen LogP contribution in [0.4, 0.5) is 10.1 Å². The predicted molar refractivity (Wildman–Crippen MR) is 84.9 cm³/mol. The number of hydrogen-bond donors (Lipinski definition) is 1. The minimum absolute atomic E-state index is 0.159. The van der Waals surface area contributed by atoms with Crippen molar-refractivity contribution in [1.29, 1.82) is 0 Å². The van der Waals surface area contributed by atoms with Gasteiger partial charge in [0.25, 0.3) is 0 Å². The fraction of sp³-hybridized carbons (Fsp3) is 0.200. The molecule has 100 valence electrons. The molecular weight excluding hydrogens is 373 g/mol. The van der Waals surface area contributed by atoms with Crippen molar-refractivity contribution in [1.82, 2.24) is 0 Å².